The smallest absolute Gasteiger partial charge is 0.282 e. The highest BCUT2D eigenvalue weighted by Crippen LogP contribution is 2.14. The van der Waals surface area contributed by atoms with Crippen LogP contribution < -0.4 is 11.1 Å². The number of nitrogens with one attached hydrogen (secondary N) is 1. The number of amides is 2. The fraction of sp³-hybridized carbons (Fsp3) is 0.333. The van der Waals surface area contributed by atoms with Crippen molar-refractivity contribution in [3.8, 4) is 0 Å². The summed E-state index contributed by atoms with van der Waals surface area (Å²) in [6.07, 6.45) is 0.0955. The lowest BCUT2D eigenvalue weighted by molar-refractivity contribution is -0.117. The molecule has 0 radical (unpaired) electrons. The standard InChI is InChI=1S/C6H7ClN4O2S/c7-6-11-10-5(14-6)4(13)9-2-1-3(8)12/h1-2H2,(H2,8,12)(H,9,13). The maximum atomic E-state index is 11.2. The van der Waals surface area contributed by atoms with E-state index in [0.717, 1.165) is 11.3 Å². The Hall–Kier alpha value is -1.21. The highest BCUT2D eigenvalue weighted by atomic mass is 35.5. The van der Waals surface area contributed by atoms with Crippen LogP contribution in [0.3, 0.4) is 0 Å². The van der Waals surface area contributed by atoms with Gasteiger partial charge in [-0.25, -0.2) is 0 Å². The molecule has 0 atom stereocenters. The molecule has 3 N–H and O–H groups in total. The summed E-state index contributed by atoms with van der Waals surface area (Å²) in [6, 6.07) is 0. The van der Waals surface area contributed by atoms with E-state index >= 15 is 0 Å². The van der Waals surface area contributed by atoms with E-state index in [-0.39, 0.29) is 22.4 Å². The number of halogens is 1. The monoisotopic (exact) mass is 234 g/mol. The van der Waals surface area contributed by atoms with Gasteiger partial charge in [-0.15, -0.1) is 10.2 Å². The van der Waals surface area contributed by atoms with E-state index in [9.17, 15) is 9.59 Å². The van der Waals surface area contributed by atoms with E-state index in [0.29, 0.717) is 0 Å². The Bertz CT molecular complexity index is 353. The van der Waals surface area contributed by atoms with Gasteiger partial charge >= 0.3 is 0 Å². The molecule has 76 valence electrons. The minimum absolute atomic E-state index is 0.0955. The number of rotatable bonds is 4. The second-order valence-electron chi connectivity index (χ2n) is 2.33. The first kappa shape index (κ1) is 10.9. The number of nitrogens with zero attached hydrogens (tertiary/aromatic N) is 2. The summed E-state index contributed by atoms with van der Waals surface area (Å²) in [4.78, 5) is 21.6. The summed E-state index contributed by atoms with van der Waals surface area (Å²) in [5.74, 6) is -0.878. The summed E-state index contributed by atoms with van der Waals surface area (Å²) in [7, 11) is 0. The van der Waals surface area contributed by atoms with Crippen LogP contribution in [0.15, 0.2) is 0 Å². The number of hydrogen-bond donors (Lipinski definition) is 2. The fourth-order valence-corrected chi connectivity index (χ4v) is 1.42. The molecule has 1 rings (SSSR count). The van der Waals surface area contributed by atoms with E-state index < -0.39 is 11.8 Å². The normalized spacial score (nSPS) is 9.79. The minimum atomic E-state index is -0.472. The topological polar surface area (TPSA) is 98.0 Å². The number of primary amides is 1. The molecule has 1 aromatic heterocycles. The molecule has 0 aliphatic heterocycles. The largest absolute Gasteiger partial charge is 0.370 e. The maximum absolute atomic E-state index is 11.2. The molecule has 8 heteroatoms. The van der Waals surface area contributed by atoms with Crippen molar-refractivity contribution in [1.29, 1.82) is 0 Å². The second-order valence-corrected chi connectivity index (χ2v) is 3.89. The van der Waals surface area contributed by atoms with Gasteiger partial charge in [-0.05, 0) is 11.6 Å². The Morgan fingerprint density at radius 2 is 2.21 bits per heavy atom. The van der Waals surface area contributed by atoms with Crippen LogP contribution in [0, 0.1) is 0 Å². The summed E-state index contributed by atoms with van der Waals surface area (Å²) >= 11 is 6.45. The Morgan fingerprint density at radius 1 is 1.50 bits per heavy atom. The molecule has 2 amide bonds. The van der Waals surface area contributed by atoms with Gasteiger partial charge < -0.3 is 11.1 Å². The highest BCUT2D eigenvalue weighted by Gasteiger charge is 2.11. The Labute approximate surface area is 88.5 Å². The molecule has 6 nitrogen and oxygen atoms in total. The zero-order chi connectivity index (χ0) is 10.6. The van der Waals surface area contributed by atoms with Crippen molar-refractivity contribution in [1.82, 2.24) is 15.5 Å². The number of carbonyl (C=O) groups excluding carboxylic acids is 2. The van der Waals surface area contributed by atoms with Crippen molar-refractivity contribution in [2.45, 2.75) is 6.42 Å². The van der Waals surface area contributed by atoms with E-state index in [1.54, 1.807) is 0 Å². The molecule has 0 bridgehead atoms. The minimum Gasteiger partial charge on any atom is -0.370 e. The molecule has 14 heavy (non-hydrogen) atoms. The quantitative estimate of drug-likeness (QED) is 0.754. The summed E-state index contributed by atoms with van der Waals surface area (Å²) in [5.41, 5.74) is 4.88. The lowest BCUT2D eigenvalue weighted by atomic mass is 10.4. The first-order valence-corrected chi connectivity index (χ1v) is 4.84. The molecular weight excluding hydrogens is 228 g/mol. The lowest BCUT2D eigenvalue weighted by Crippen LogP contribution is -2.27. The van der Waals surface area contributed by atoms with E-state index in [2.05, 4.69) is 15.5 Å². The summed E-state index contributed by atoms with van der Waals surface area (Å²) in [6.45, 7) is 0.186. The van der Waals surface area contributed by atoms with Gasteiger partial charge in [0.15, 0.2) is 0 Å². The molecular formula is C6H7ClN4O2S. The van der Waals surface area contributed by atoms with Crippen molar-refractivity contribution < 1.29 is 9.59 Å². The fourth-order valence-electron chi connectivity index (χ4n) is 0.672. The number of aromatic nitrogens is 2. The zero-order valence-electron chi connectivity index (χ0n) is 6.99. The second kappa shape index (κ2) is 4.87. The third-order valence-corrected chi connectivity index (χ3v) is 2.27. The van der Waals surface area contributed by atoms with Crippen LogP contribution in [0.2, 0.25) is 4.47 Å². The van der Waals surface area contributed by atoms with Crippen LogP contribution in [0.5, 0.6) is 0 Å². The van der Waals surface area contributed by atoms with Crippen molar-refractivity contribution in [3.63, 3.8) is 0 Å². The van der Waals surface area contributed by atoms with Crippen LogP contribution in [-0.4, -0.2) is 28.6 Å². The van der Waals surface area contributed by atoms with Crippen molar-refractivity contribution in [3.05, 3.63) is 9.47 Å². The molecule has 0 saturated heterocycles. The SMILES string of the molecule is NC(=O)CCNC(=O)c1nnc(Cl)s1. The number of carbonyl (C=O) groups is 2. The van der Waals surface area contributed by atoms with Crippen LogP contribution in [0.25, 0.3) is 0 Å². The van der Waals surface area contributed by atoms with Crippen molar-refractivity contribution in [2.24, 2.45) is 5.73 Å². The van der Waals surface area contributed by atoms with Crippen LogP contribution in [-0.2, 0) is 4.79 Å². The molecule has 0 aliphatic rings. The van der Waals surface area contributed by atoms with E-state index in [1.807, 2.05) is 0 Å². The first-order valence-electron chi connectivity index (χ1n) is 3.65. The van der Waals surface area contributed by atoms with Gasteiger partial charge in [-0.3, -0.25) is 9.59 Å². The van der Waals surface area contributed by atoms with Crippen molar-refractivity contribution in [2.75, 3.05) is 6.54 Å². The molecule has 0 spiro atoms. The van der Waals surface area contributed by atoms with Gasteiger partial charge in [0, 0.05) is 13.0 Å². The van der Waals surface area contributed by atoms with E-state index in [4.69, 9.17) is 17.3 Å². The molecule has 0 saturated carbocycles. The number of nitrogens with two attached hydrogens (primary N) is 1. The van der Waals surface area contributed by atoms with Gasteiger partial charge in [0.05, 0.1) is 0 Å². The number of hydrogen-bond acceptors (Lipinski definition) is 5. The zero-order valence-corrected chi connectivity index (χ0v) is 8.56. The molecule has 0 unspecified atom stereocenters. The average molecular weight is 235 g/mol. The third kappa shape index (κ3) is 3.27. The van der Waals surface area contributed by atoms with E-state index in [1.165, 1.54) is 0 Å². The molecule has 0 fully saturated rings. The lowest BCUT2D eigenvalue weighted by Gasteiger charge is -1.98. The predicted molar refractivity (Wildman–Crippen MR) is 51.1 cm³/mol. The van der Waals surface area contributed by atoms with Gasteiger partial charge in [-0.2, -0.15) is 0 Å². The third-order valence-electron chi connectivity index (χ3n) is 1.25. The van der Waals surface area contributed by atoms with Crippen LogP contribution in [0.1, 0.15) is 16.2 Å². The van der Waals surface area contributed by atoms with Gasteiger partial charge in [0.25, 0.3) is 5.91 Å². The molecule has 1 aromatic rings. The predicted octanol–water partition coefficient (Wildman–Crippen LogP) is -0.203. The van der Waals surface area contributed by atoms with Gasteiger partial charge in [0.2, 0.25) is 15.4 Å². The molecule has 1 heterocycles. The average Bonchev–Trinajstić information content (AvgIpc) is 2.51. The maximum Gasteiger partial charge on any atom is 0.282 e. The Kier molecular flexibility index (Phi) is 3.78. The first-order chi connectivity index (χ1) is 6.59. The van der Waals surface area contributed by atoms with Crippen LogP contribution >= 0.6 is 22.9 Å². The van der Waals surface area contributed by atoms with Gasteiger partial charge in [0.1, 0.15) is 0 Å². The summed E-state index contributed by atoms with van der Waals surface area (Å²) < 4.78 is 0.199. The van der Waals surface area contributed by atoms with Crippen molar-refractivity contribution >= 4 is 34.8 Å². The van der Waals surface area contributed by atoms with Crippen LogP contribution in [0.4, 0.5) is 0 Å². The Morgan fingerprint density at radius 3 is 2.71 bits per heavy atom. The van der Waals surface area contributed by atoms with Gasteiger partial charge in [-0.1, -0.05) is 11.3 Å². The Balaban J connectivity index is 2.39. The summed E-state index contributed by atoms with van der Waals surface area (Å²) in [5, 5.41) is 9.60. The molecule has 0 aromatic carbocycles. The molecule has 0 aliphatic carbocycles. The highest BCUT2D eigenvalue weighted by molar-refractivity contribution is 7.17.